The van der Waals surface area contributed by atoms with Crippen LogP contribution in [0.3, 0.4) is 0 Å². The van der Waals surface area contributed by atoms with Crippen LogP contribution in [-0.2, 0) is 6.54 Å². The lowest BCUT2D eigenvalue weighted by Gasteiger charge is -1.93. The molecule has 58 valence electrons. The summed E-state index contributed by atoms with van der Waals surface area (Å²) in [5.74, 6) is 0. The van der Waals surface area contributed by atoms with Crippen LogP contribution in [0.25, 0.3) is 15.3 Å². The van der Waals surface area contributed by atoms with E-state index in [9.17, 15) is 0 Å². The zero-order valence-corrected chi connectivity index (χ0v) is 6.31. The van der Waals surface area contributed by atoms with E-state index in [0.717, 1.165) is 5.56 Å². The quantitative estimate of drug-likeness (QED) is 0.275. The largest absolute Gasteiger partial charge is 0.238 e. The maximum atomic E-state index is 8.04. The minimum Gasteiger partial charge on any atom is -0.238 e. The molecule has 0 aromatic heterocycles. The smallest absolute Gasteiger partial charge is 0.187 e. The lowest BCUT2D eigenvalue weighted by atomic mass is 10.2. The molecule has 0 fully saturated rings. The molecule has 0 saturated heterocycles. The molecule has 0 atom stereocenters. The summed E-state index contributed by atoms with van der Waals surface area (Å²) < 4.78 is 0. The molecule has 1 rings (SSSR count). The summed E-state index contributed by atoms with van der Waals surface area (Å²) in [4.78, 5) is 5.88. The van der Waals surface area contributed by atoms with Crippen LogP contribution in [-0.4, -0.2) is 0 Å². The van der Waals surface area contributed by atoms with Gasteiger partial charge in [-0.2, -0.15) is 0 Å². The minimum atomic E-state index is 0.342. The van der Waals surface area contributed by atoms with Crippen molar-refractivity contribution < 1.29 is 0 Å². The van der Waals surface area contributed by atoms with E-state index in [0.29, 0.717) is 12.2 Å². The third-order valence-electron chi connectivity index (χ3n) is 1.38. The first-order valence-electron chi connectivity index (χ1n) is 3.34. The maximum absolute atomic E-state index is 8.04. The lowest BCUT2D eigenvalue weighted by Crippen LogP contribution is -1.76. The molecule has 0 saturated carbocycles. The van der Waals surface area contributed by atoms with Gasteiger partial charge in [-0.25, -0.2) is 4.85 Å². The van der Waals surface area contributed by atoms with E-state index in [4.69, 9.17) is 12.1 Å². The summed E-state index contributed by atoms with van der Waals surface area (Å²) in [6.07, 6.45) is 0. The number of azide groups is 1. The summed E-state index contributed by atoms with van der Waals surface area (Å²) in [7, 11) is 0. The molecule has 1 aromatic rings. The zero-order valence-electron chi connectivity index (χ0n) is 6.31. The second-order valence-electron chi connectivity index (χ2n) is 2.17. The Bertz CT molecular complexity index is 340. The van der Waals surface area contributed by atoms with Crippen LogP contribution in [0.5, 0.6) is 0 Å². The van der Waals surface area contributed by atoms with E-state index in [-0.39, 0.29) is 0 Å². The molecular weight excluding hydrogens is 152 g/mol. The molecule has 1 aromatic carbocycles. The number of hydrogen-bond acceptors (Lipinski definition) is 1. The van der Waals surface area contributed by atoms with Crippen LogP contribution < -0.4 is 0 Å². The summed E-state index contributed by atoms with van der Waals surface area (Å²) in [5, 5.41) is 3.40. The van der Waals surface area contributed by atoms with Gasteiger partial charge in [-0.05, 0) is 11.1 Å². The second kappa shape index (κ2) is 4.02. The van der Waals surface area contributed by atoms with Crippen molar-refractivity contribution >= 4 is 5.69 Å². The van der Waals surface area contributed by atoms with Crippen LogP contribution in [0, 0.1) is 6.57 Å². The van der Waals surface area contributed by atoms with E-state index in [2.05, 4.69) is 14.9 Å². The Labute approximate surface area is 69.9 Å². The van der Waals surface area contributed by atoms with E-state index in [1.165, 1.54) is 0 Å². The molecule has 4 heteroatoms. The Morgan fingerprint density at radius 1 is 1.33 bits per heavy atom. The van der Waals surface area contributed by atoms with Crippen LogP contribution in [0.1, 0.15) is 5.56 Å². The van der Waals surface area contributed by atoms with Crippen molar-refractivity contribution in [3.8, 4) is 0 Å². The zero-order chi connectivity index (χ0) is 8.81. The average molecular weight is 158 g/mol. The normalized spacial score (nSPS) is 8.25. The highest BCUT2D eigenvalue weighted by atomic mass is 15.1. The van der Waals surface area contributed by atoms with E-state index >= 15 is 0 Å². The predicted molar refractivity (Wildman–Crippen MR) is 45.6 cm³/mol. The van der Waals surface area contributed by atoms with Gasteiger partial charge >= 0.3 is 0 Å². The van der Waals surface area contributed by atoms with Crippen LogP contribution in [0.15, 0.2) is 29.4 Å². The van der Waals surface area contributed by atoms with Crippen molar-refractivity contribution in [2.75, 3.05) is 0 Å². The molecule has 12 heavy (non-hydrogen) atoms. The number of benzene rings is 1. The maximum Gasteiger partial charge on any atom is 0.187 e. The van der Waals surface area contributed by atoms with E-state index < -0.39 is 0 Å². The Morgan fingerprint density at radius 2 is 2.00 bits per heavy atom. The first-order valence-corrected chi connectivity index (χ1v) is 3.34. The van der Waals surface area contributed by atoms with Crippen molar-refractivity contribution in [2.24, 2.45) is 5.11 Å². The highest BCUT2D eigenvalue weighted by Gasteiger charge is 1.90. The standard InChI is InChI=1S/C8H6N4/c1-10-8-4-2-7(3-5-8)6-11-12-9/h2-5H,6H2. The van der Waals surface area contributed by atoms with Crippen LogP contribution in [0.4, 0.5) is 5.69 Å². The van der Waals surface area contributed by atoms with Crippen LogP contribution in [0.2, 0.25) is 0 Å². The van der Waals surface area contributed by atoms with Gasteiger partial charge in [0.1, 0.15) is 0 Å². The Morgan fingerprint density at radius 3 is 2.50 bits per heavy atom. The molecule has 0 heterocycles. The summed E-state index contributed by atoms with van der Waals surface area (Å²) in [6.45, 7) is 7.04. The van der Waals surface area contributed by atoms with Gasteiger partial charge in [0, 0.05) is 4.91 Å². The van der Waals surface area contributed by atoms with Crippen molar-refractivity contribution in [1.29, 1.82) is 0 Å². The molecule has 0 radical (unpaired) electrons. The molecule has 0 amide bonds. The van der Waals surface area contributed by atoms with E-state index in [1.54, 1.807) is 24.3 Å². The molecule has 0 spiro atoms. The number of hydrogen-bond donors (Lipinski definition) is 0. The SMILES string of the molecule is [C-]#[N+]c1ccc(CN=[N+]=[N-])cc1. The second-order valence-corrected chi connectivity index (χ2v) is 2.17. The Hall–Kier alpha value is -1.98. The van der Waals surface area contributed by atoms with Gasteiger partial charge in [-0.15, -0.1) is 0 Å². The van der Waals surface area contributed by atoms with Crippen molar-refractivity contribution in [3.63, 3.8) is 0 Å². The third kappa shape index (κ3) is 2.01. The fourth-order valence-corrected chi connectivity index (χ4v) is 0.789. The molecule has 0 unspecified atom stereocenters. The van der Waals surface area contributed by atoms with Crippen LogP contribution >= 0.6 is 0 Å². The van der Waals surface area contributed by atoms with Gasteiger partial charge in [0.05, 0.1) is 13.1 Å². The Balaban J connectivity index is 2.79. The fraction of sp³-hybridized carbons (Fsp3) is 0.125. The van der Waals surface area contributed by atoms with Gasteiger partial charge in [-0.3, -0.25) is 0 Å². The minimum absolute atomic E-state index is 0.342. The molecular formula is C8H6N4. The van der Waals surface area contributed by atoms with Crippen molar-refractivity contribution in [1.82, 2.24) is 0 Å². The summed E-state index contributed by atoms with van der Waals surface area (Å²) in [5.41, 5.74) is 9.55. The number of nitrogens with zero attached hydrogens (tertiary/aromatic N) is 4. The van der Waals surface area contributed by atoms with Gasteiger partial charge in [-0.1, -0.05) is 29.4 Å². The highest BCUT2D eigenvalue weighted by molar-refractivity contribution is 5.45. The Kier molecular flexibility index (Phi) is 2.72. The summed E-state index contributed by atoms with van der Waals surface area (Å²) >= 11 is 0. The van der Waals surface area contributed by atoms with Gasteiger partial charge in [0.15, 0.2) is 5.69 Å². The lowest BCUT2D eigenvalue weighted by molar-refractivity contribution is 1.05. The van der Waals surface area contributed by atoms with Gasteiger partial charge in [0.25, 0.3) is 0 Å². The summed E-state index contributed by atoms with van der Waals surface area (Å²) in [6, 6.07) is 6.97. The predicted octanol–water partition coefficient (Wildman–Crippen LogP) is 3.05. The molecule has 0 aliphatic rings. The third-order valence-corrected chi connectivity index (χ3v) is 1.38. The molecule has 0 bridgehead atoms. The van der Waals surface area contributed by atoms with Gasteiger partial charge in [0.2, 0.25) is 0 Å². The topological polar surface area (TPSA) is 53.1 Å². The highest BCUT2D eigenvalue weighted by Crippen LogP contribution is 2.12. The van der Waals surface area contributed by atoms with E-state index in [1.807, 2.05) is 0 Å². The van der Waals surface area contributed by atoms with Gasteiger partial charge < -0.3 is 0 Å². The first-order chi connectivity index (χ1) is 5.86. The molecule has 0 N–H and O–H groups in total. The molecule has 0 aliphatic carbocycles. The average Bonchev–Trinajstić information content (AvgIpc) is 2.15. The fourth-order valence-electron chi connectivity index (χ4n) is 0.789. The molecule has 0 aliphatic heterocycles. The van der Waals surface area contributed by atoms with Crippen molar-refractivity contribution in [3.05, 3.63) is 51.7 Å². The van der Waals surface area contributed by atoms with Crippen molar-refractivity contribution in [2.45, 2.75) is 6.54 Å². The first kappa shape index (κ1) is 8.12. The number of rotatable bonds is 2. The molecule has 4 nitrogen and oxygen atoms in total. The monoisotopic (exact) mass is 158 g/mol.